The van der Waals surface area contributed by atoms with Crippen LogP contribution in [0.2, 0.25) is 0 Å². The van der Waals surface area contributed by atoms with E-state index in [9.17, 15) is 4.79 Å². The molecule has 0 aliphatic carbocycles. The van der Waals surface area contributed by atoms with Crippen molar-refractivity contribution in [2.24, 2.45) is 0 Å². The van der Waals surface area contributed by atoms with Gasteiger partial charge in [0.15, 0.2) is 5.78 Å². The molecule has 0 saturated carbocycles. The number of hydrogen-bond acceptors (Lipinski definition) is 5. The van der Waals surface area contributed by atoms with Gasteiger partial charge in [-0.2, -0.15) is 0 Å². The predicted octanol–water partition coefficient (Wildman–Crippen LogP) is 3.54. The molecule has 0 aromatic heterocycles. The van der Waals surface area contributed by atoms with Gasteiger partial charge >= 0.3 is 0 Å². The lowest BCUT2D eigenvalue weighted by atomic mass is 10.3. The maximum atomic E-state index is 10.6. The number of rotatable bonds is 12. The van der Waals surface area contributed by atoms with Gasteiger partial charge in [-0.15, -0.1) is 0 Å². The number of carbonyl (C=O) groups is 1. The third kappa shape index (κ3) is 12.6. The molecule has 0 aliphatic heterocycles. The second-order valence-corrected chi connectivity index (χ2v) is 4.70. The molecule has 0 heterocycles. The molecule has 0 spiro atoms. The molecule has 5 nitrogen and oxygen atoms in total. The first-order valence-corrected chi connectivity index (χ1v) is 8.28. The van der Waals surface area contributed by atoms with Crippen LogP contribution in [-0.2, 0) is 14.3 Å². The van der Waals surface area contributed by atoms with Gasteiger partial charge in [0.25, 0.3) is 0 Å². The number of nitrogens with one attached hydrogen (secondary N) is 1. The Bertz CT molecular complexity index is 393. The third-order valence-electron chi connectivity index (χ3n) is 2.73. The predicted molar refractivity (Wildman–Crippen MR) is 94.4 cm³/mol. The number of benzene rings is 1. The van der Waals surface area contributed by atoms with Crippen LogP contribution in [0.5, 0.6) is 5.75 Å². The molecule has 5 heteroatoms. The molecular weight excluding hydrogens is 294 g/mol. The first kappa shape index (κ1) is 21.4. The largest absolute Gasteiger partial charge is 0.494 e. The summed E-state index contributed by atoms with van der Waals surface area (Å²) in [5.41, 5.74) is 1.07. The van der Waals surface area contributed by atoms with Crippen molar-refractivity contribution in [2.75, 3.05) is 45.4 Å². The highest BCUT2D eigenvalue weighted by molar-refractivity contribution is 5.76. The molecule has 132 valence electrons. The van der Waals surface area contributed by atoms with E-state index in [-0.39, 0.29) is 12.4 Å². The number of Topliss-reactive ketones (excluding diaryl/α,β-unsaturated/α-hetero) is 1. The summed E-state index contributed by atoms with van der Waals surface area (Å²) >= 11 is 0. The van der Waals surface area contributed by atoms with Gasteiger partial charge in [-0.05, 0) is 37.6 Å². The van der Waals surface area contributed by atoms with E-state index in [4.69, 9.17) is 14.2 Å². The first-order chi connectivity index (χ1) is 11.2. The van der Waals surface area contributed by atoms with Gasteiger partial charge in [0.05, 0.1) is 6.61 Å². The summed E-state index contributed by atoms with van der Waals surface area (Å²) in [6.07, 6.45) is 1.65. The van der Waals surface area contributed by atoms with Crippen LogP contribution < -0.4 is 10.1 Å². The van der Waals surface area contributed by atoms with Crippen LogP contribution in [0.3, 0.4) is 0 Å². The van der Waals surface area contributed by atoms with E-state index in [1.54, 1.807) is 0 Å². The average Bonchev–Trinajstić information content (AvgIpc) is 2.58. The van der Waals surface area contributed by atoms with E-state index in [1.807, 2.05) is 45.2 Å². The SMILES string of the molecule is CC.CNc1ccc(OCCCOCCCOCC(C)=O)cc1. The van der Waals surface area contributed by atoms with Gasteiger partial charge in [-0.1, -0.05) is 13.8 Å². The van der Waals surface area contributed by atoms with Gasteiger partial charge in [0.1, 0.15) is 12.4 Å². The molecule has 0 atom stereocenters. The van der Waals surface area contributed by atoms with Crippen LogP contribution >= 0.6 is 0 Å². The lowest BCUT2D eigenvalue weighted by molar-refractivity contribution is -0.121. The van der Waals surface area contributed by atoms with Crippen LogP contribution in [0.1, 0.15) is 33.6 Å². The molecule has 1 rings (SSSR count). The zero-order valence-electron chi connectivity index (χ0n) is 14.9. The summed E-state index contributed by atoms with van der Waals surface area (Å²) in [4.78, 5) is 10.6. The van der Waals surface area contributed by atoms with Crippen molar-refractivity contribution < 1.29 is 19.0 Å². The average molecular weight is 325 g/mol. The fourth-order valence-electron chi connectivity index (χ4n) is 1.65. The number of anilines is 1. The Hall–Kier alpha value is -1.59. The maximum absolute atomic E-state index is 10.6. The van der Waals surface area contributed by atoms with Gasteiger partial charge in [-0.3, -0.25) is 4.79 Å². The summed E-state index contributed by atoms with van der Waals surface area (Å²) < 4.78 is 16.2. The van der Waals surface area contributed by atoms with Crippen molar-refractivity contribution in [2.45, 2.75) is 33.6 Å². The lowest BCUT2D eigenvalue weighted by Crippen LogP contribution is -2.08. The molecule has 1 aromatic carbocycles. The lowest BCUT2D eigenvalue weighted by Gasteiger charge is -2.08. The highest BCUT2D eigenvalue weighted by Gasteiger charge is 1.96. The van der Waals surface area contributed by atoms with E-state index in [2.05, 4.69) is 5.32 Å². The van der Waals surface area contributed by atoms with E-state index in [0.717, 1.165) is 24.3 Å². The third-order valence-corrected chi connectivity index (χ3v) is 2.73. The molecule has 0 aliphatic rings. The Kier molecular flexibility index (Phi) is 14.3. The van der Waals surface area contributed by atoms with Gasteiger partial charge in [-0.25, -0.2) is 0 Å². The van der Waals surface area contributed by atoms with E-state index >= 15 is 0 Å². The number of hydrogen-bond donors (Lipinski definition) is 1. The minimum absolute atomic E-state index is 0.0517. The number of carbonyl (C=O) groups excluding carboxylic acids is 1. The van der Waals surface area contributed by atoms with Crippen molar-refractivity contribution >= 4 is 11.5 Å². The fraction of sp³-hybridized carbons (Fsp3) is 0.611. The molecule has 0 bridgehead atoms. The smallest absolute Gasteiger partial charge is 0.155 e. The molecule has 0 amide bonds. The van der Waals surface area contributed by atoms with Gasteiger partial charge in [0.2, 0.25) is 0 Å². The van der Waals surface area contributed by atoms with E-state index in [1.165, 1.54) is 6.92 Å². The molecule has 0 unspecified atom stereocenters. The molecule has 0 saturated heterocycles. The van der Waals surface area contributed by atoms with E-state index < -0.39 is 0 Å². The standard InChI is InChI=1S/C16H25NO4.C2H6/c1-14(18)13-20-11-3-9-19-10-4-12-21-16-7-5-15(17-2)6-8-16;1-2/h5-8,17H,3-4,9-13H2,1-2H3;1-2H3. The molecule has 1 aromatic rings. The second kappa shape index (κ2) is 15.3. The van der Waals surface area contributed by atoms with Crippen molar-refractivity contribution in [3.05, 3.63) is 24.3 Å². The van der Waals surface area contributed by atoms with Gasteiger partial charge in [0, 0.05) is 39.0 Å². The number of ketones is 1. The minimum atomic E-state index is 0.0517. The number of ether oxygens (including phenoxy) is 3. The first-order valence-electron chi connectivity index (χ1n) is 8.28. The molecule has 1 N–H and O–H groups in total. The molecule has 0 fully saturated rings. The Morgan fingerprint density at radius 1 is 0.957 bits per heavy atom. The topological polar surface area (TPSA) is 56.8 Å². The van der Waals surface area contributed by atoms with Crippen molar-refractivity contribution in [3.8, 4) is 5.75 Å². The van der Waals surface area contributed by atoms with Gasteiger partial charge < -0.3 is 19.5 Å². The van der Waals surface area contributed by atoms with Crippen LogP contribution in [-0.4, -0.2) is 45.9 Å². The van der Waals surface area contributed by atoms with Crippen LogP contribution in [0, 0.1) is 0 Å². The Balaban J connectivity index is 0.00000232. The Labute approximate surface area is 140 Å². The highest BCUT2D eigenvalue weighted by Crippen LogP contribution is 2.15. The zero-order valence-corrected chi connectivity index (χ0v) is 14.9. The summed E-state index contributed by atoms with van der Waals surface area (Å²) in [5.74, 6) is 0.919. The van der Waals surface area contributed by atoms with Crippen molar-refractivity contribution in [3.63, 3.8) is 0 Å². The Morgan fingerprint density at radius 2 is 1.52 bits per heavy atom. The normalized spacial score (nSPS) is 9.74. The second-order valence-electron chi connectivity index (χ2n) is 4.70. The quantitative estimate of drug-likeness (QED) is 0.596. The van der Waals surface area contributed by atoms with Crippen LogP contribution in [0.25, 0.3) is 0 Å². The summed E-state index contributed by atoms with van der Waals surface area (Å²) in [5, 5.41) is 3.06. The van der Waals surface area contributed by atoms with Crippen LogP contribution in [0.4, 0.5) is 5.69 Å². The van der Waals surface area contributed by atoms with Crippen molar-refractivity contribution in [1.29, 1.82) is 0 Å². The summed E-state index contributed by atoms with van der Waals surface area (Å²) in [7, 11) is 1.89. The summed E-state index contributed by atoms with van der Waals surface area (Å²) in [6.45, 7) is 8.23. The summed E-state index contributed by atoms with van der Waals surface area (Å²) in [6, 6.07) is 7.85. The zero-order chi connectivity index (χ0) is 17.3. The molecule has 23 heavy (non-hydrogen) atoms. The monoisotopic (exact) mass is 325 g/mol. The molecular formula is C18H31NO4. The molecule has 0 radical (unpaired) electrons. The van der Waals surface area contributed by atoms with E-state index in [0.29, 0.717) is 26.4 Å². The fourth-order valence-corrected chi connectivity index (χ4v) is 1.65. The Morgan fingerprint density at radius 3 is 2.09 bits per heavy atom. The van der Waals surface area contributed by atoms with Crippen LogP contribution in [0.15, 0.2) is 24.3 Å². The minimum Gasteiger partial charge on any atom is -0.494 e. The highest BCUT2D eigenvalue weighted by atomic mass is 16.5. The maximum Gasteiger partial charge on any atom is 0.155 e. The van der Waals surface area contributed by atoms with Crippen molar-refractivity contribution in [1.82, 2.24) is 0 Å².